The van der Waals surface area contributed by atoms with Crippen LogP contribution in [0, 0.1) is 0 Å². The summed E-state index contributed by atoms with van der Waals surface area (Å²) >= 11 is 0. The third-order valence-corrected chi connectivity index (χ3v) is 4.24. The van der Waals surface area contributed by atoms with Crippen LogP contribution in [0.3, 0.4) is 0 Å². The second-order valence-electron chi connectivity index (χ2n) is 5.90. The molecule has 1 aliphatic heterocycles. The number of fused-ring (bicyclic) bond motifs is 1. The number of hydrogen-bond acceptors (Lipinski definition) is 5. The number of pyridine rings is 2. The van der Waals surface area contributed by atoms with Gasteiger partial charge in [-0.2, -0.15) is 5.10 Å². The molecule has 122 valence electrons. The van der Waals surface area contributed by atoms with Gasteiger partial charge in [0.1, 0.15) is 5.82 Å². The largest absolute Gasteiger partial charge is 0.357 e. The first kappa shape index (κ1) is 14.6. The number of carbonyl (C=O) groups excluding carboxylic acids is 1. The summed E-state index contributed by atoms with van der Waals surface area (Å²) in [6.07, 6.45) is 5.66. The number of nitrogens with zero attached hydrogens (tertiary/aromatic N) is 5. The number of nitrogens with one attached hydrogen (secondary N) is 1. The number of anilines is 2. The van der Waals surface area contributed by atoms with E-state index in [9.17, 15) is 4.79 Å². The Morgan fingerprint density at radius 3 is 2.79 bits per heavy atom. The van der Waals surface area contributed by atoms with E-state index in [-0.39, 0.29) is 5.91 Å². The highest BCUT2D eigenvalue weighted by atomic mass is 16.2. The summed E-state index contributed by atoms with van der Waals surface area (Å²) in [6.45, 7) is 2.06. The molecule has 3 aromatic heterocycles. The van der Waals surface area contributed by atoms with Crippen molar-refractivity contribution in [1.82, 2.24) is 19.7 Å². The molecule has 3 aromatic rings. The van der Waals surface area contributed by atoms with Crippen LogP contribution >= 0.6 is 0 Å². The second-order valence-corrected chi connectivity index (χ2v) is 5.90. The van der Waals surface area contributed by atoms with Gasteiger partial charge < -0.3 is 10.2 Å². The zero-order valence-corrected chi connectivity index (χ0v) is 13.4. The van der Waals surface area contributed by atoms with Crippen molar-refractivity contribution in [3.63, 3.8) is 0 Å². The van der Waals surface area contributed by atoms with Crippen molar-refractivity contribution in [2.75, 3.05) is 23.3 Å². The van der Waals surface area contributed by atoms with Crippen LogP contribution in [0.1, 0.15) is 23.3 Å². The standard InChI is InChI=1S/C17H18N6O/c1-22-16-13(6-7-14(20-16)23-9-2-3-10-23)15(21-22)17(24)19-12-5-4-8-18-11-12/h4-8,11H,2-3,9-10H2,1H3,(H,19,24). The molecule has 0 spiro atoms. The van der Waals surface area contributed by atoms with E-state index in [1.807, 2.05) is 19.2 Å². The van der Waals surface area contributed by atoms with E-state index in [1.165, 1.54) is 12.8 Å². The van der Waals surface area contributed by atoms with E-state index in [1.54, 1.807) is 29.2 Å². The number of hydrogen-bond donors (Lipinski definition) is 1. The minimum atomic E-state index is -0.260. The van der Waals surface area contributed by atoms with Gasteiger partial charge in [0.25, 0.3) is 5.91 Å². The lowest BCUT2D eigenvalue weighted by Gasteiger charge is -2.15. The molecule has 7 heteroatoms. The van der Waals surface area contributed by atoms with E-state index < -0.39 is 0 Å². The fraction of sp³-hybridized carbons (Fsp3) is 0.294. The first-order valence-corrected chi connectivity index (χ1v) is 8.02. The Balaban J connectivity index is 1.67. The van der Waals surface area contributed by atoms with Gasteiger partial charge in [-0.1, -0.05) is 0 Å². The summed E-state index contributed by atoms with van der Waals surface area (Å²) in [5.74, 6) is 0.687. The summed E-state index contributed by atoms with van der Waals surface area (Å²) in [5.41, 5.74) is 1.73. The maximum absolute atomic E-state index is 12.5. The van der Waals surface area contributed by atoms with Crippen LogP contribution in [0.15, 0.2) is 36.7 Å². The Hall–Kier alpha value is -2.96. The van der Waals surface area contributed by atoms with Crippen LogP contribution in [0.2, 0.25) is 0 Å². The molecule has 1 saturated heterocycles. The predicted molar refractivity (Wildman–Crippen MR) is 92.1 cm³/mol. The van der Waals surface area contributed by atoms with E-state index in [0.717, 1.165) is 29.9 Å². The van der Waals surface area contributed by atoms with Gasteiger partial charge in [0.05, 0.1) is 17.3 Å². The normalized spacial score (nSPS) is 14.3. The van der Waals surface area contributed by atoms with E-state index in [0.29, 0.717) is 11.4 Å². The lowest BCUT2D eigenvalue weighted by molar-refractivity contribution is 0.102. The molecule has 0 radical (unpaired) electrons. The summed E-state index contributed by atoms with van der Waals surface area (Å²) in [6, 6.07) is 7.47. The van der Waals surface area contributed by atoms with Crippen LogP contribution in [0.25, 0.3) is 11.0 Å². The third kappa shape index (κ3) is 2.58. The molecule has 1 aliphatic rings. The second kappa shape index (κ2) is 5.92. The van der Waals surface area contributed by atoms with Crippen LogP contribution in [0.5, 0.6) is 0 Å². The number of aromatic nitrogens is 4. The molecule has 0 aliphatic carbocycles. The van der Waals surface area contributed by atoms with Gasteiger partial charge in [0.2, 0.25) is 0 Å². The summed E-state index contributed by atoms with van der Waals surface area (Å²) < 4.78 is 1.66. The molecule has 0 unspecified atom stereocenters. The summed E-state index contributed by atoms with van der Waals surface area (Å²) in [5, 5.41) is 7.93. The van der Waals surface area contributed by atoms with Crippen molar-refractivity contribution in [3.05, 3.63) is 42.4 Å². The molecule has 1 amide bonds. The molecule has 0 bridgehead atoms. The number of amides is 1. The van der Waals surface area contributed by atoms with Gasteiger partial charge in [-0.15, -0.1) is 0 Å². The minimum Gasteiger partial charge on any atom is -0.357 e. The highest BCUT2D eigenvalue weighted by Gasteiger charge is 2.20. The molecule has 7 nitrogen and oxygen atoms in total. The average molecular weight is 322 g/mol. The lowest BCUT2D eigenvalue weighted by atomic mass is 10.2. The van der Waals surface area contributed by atoms with Crippen LogP contribution in [-0.4, -0.2) is 38.7 Å². The van der Waals surface area contributed by atoms with Crippen molar-refractivity contribution in [3.8, 4) is 0 Å². The molecule has 0 aromatic carbocycles. The molecule has 4 heterocycles. The highest BCUT2D eigenvalue weighted by molar-refractivity contribution is 6.10. The first-order valence-electron chi connectivity index (χ1n) is 8.02. The first-order chi connectivity index (χ1) is 11.7. The third-order valence-electron chi connectivity index (χ3n) is 4.24. The molecule has 0 atom stereocenters. The number of aryl methyl sites for hydroxylation is 1. The van der Waals surface area contributed by atoms with Crippen molar-refractivity contribution < 1.29 is 4.79 Å². The molecule has 24 heavy (non-hydrogen) atoms. The molecule has 1 fully saturated rings. The Morgan fingerprint density at radius 1 is 1.21 bits per heavy atom. The fourth-order valence-electron chi connectivity index (χ4n) is 3.04. The van der Waals surface area contributed by atoms with Crippen molar-refractivity contribution >= 4 is 28.4 Å². The van der Waals surface area contributed by atoms with Crippen LogP contribution in [0.4, 0.5) is 11.5 Å². The van der Waals surface area contributed by atoms with E-state index in [2.05, 4.69) is 20.3 Å². The Kier molecular flexibility index (Phi) is 3.60. The van der Waals surface area contributed by atoms with E-state index in [4.69, 9.17) is 4.98 Å². The molecule has 0 saturated carbocycles. The topological polar surface area (TPSA) is 75.9 Å². The highest BCUT2D eigenvalue weighted by Crippen LogP contribution is 2.23. The van der Waals surface area contributed by atoms with Crippen LogP contribution < -0.4 is 10.2 Å². The quantitative estimate of drug-likeness (QED) is 0.800. The zero-order valence-electron chi connectivity index (χ0n) is 13.4. The van der Waals surface area contributed by atoms with Gasteiger partial charge in [0.15, 0.2) is 11.3 Å². The monoisotopic (exact) mass is 322 g/mol. The van der Waals surface area contributed by atoms with Crippen molar-refractivity contribution in [2.24, 2.45) is 7.05 Å². The maximum atomic E-state index is 12.5. The summed E-state index contributed by atoms with van der Waals surface area (Å²) in [7, 11) is 1.81. The SMILES string of the molecule is Cn1nc(C(=O)Nc2cccnc2)c2ccc(N3CCCC3)nc21. The predicted octanol–water partition coefficient (Wildman–Crippen LogP) is 2.22. The smallest absolute Gasteiger partial charge is 0.276 e. The van der Waals surface area contributed by atoms with E-state index >= 15 is 0 Å². The molecule has 1 N–H and O–H groups in total. The molecular weight excluding hydrogens is 304 g/mol. The number of rotatable bonds is 3. The average Bonchev–Trinajstić information content (AvgIpc) is 3.24. The zero-order chi connectivity index (χ0) is 16.5. The Labute approximate surface area is 139 Å². The van der Waals surface area contributed by atoms with Gasteiger partial charge in [-0.3, -0.25) is 9.78 Å². The van der Waals surface area contributed by atoms with Gasteiger partial charge in [0, 0.05) is 26.3 Å². The minimum absolute atomic E-state index is 0.260. The molecule has 4 rings (SSSR count). The van der Waals surface area contributed by atoms with Gasteiger partial charge in [-0.25, -0.2) is 9.67 Å². The number of carbonyl (C=O) groups is 1. The Bertz CT molecular complexity index is 883. The molecular formula is C17H18N6O. The maximum Gasteiger partial charge on any atom is 0.276 e. The summed E-state index contributed by atoms with van der Waals surface area (Å²) in [4.78, 5) is 23.5. The van der Waals surface area contributed by atoms with Gasteiger partial charge in [-0.05, 0) is 37.1 Å². The van der Waals surface area contributed by atoms with Crippen molar-refractivity contribution in [2.45, 2.75) is 12.8 Å². The Morgan fingerprint density at radius 2 is 2.04 bits per heavy atom. The lowest BCUT2D eigenvalue weighted by Crippen LogP contribution is -2.18. The van der Waals surface area contributed by atoms with Crippen molar-refractivity contribution in [1.29, 1.82) is 0 Å². The van der Waals surface area contributed by atoms with Crippen LogP contribution in [-0.2, 0) is 7.05 Å². The van der Waals surface area contributed by atoms with Gasteiger partial charge >= 0.3 is 0 Å². The fourth-order valence-corrected chi connectivity index (χ4v) is 3.04.